The summed E-state index contributed by atoms with van der Waals surface area (Å²) >= 11 is 0. The molecule has 0 aliphatic heterocycles. The maximum absolute atomic E-state index is 13.8. The molecule has 1 atom stereocenters. The van der Waals surface area contributed by atoms with Crippen LogP contribution < -0.4 is 10.2 Å². The summed E-state index contributed by atoms with van der Waals surface area (Å²) in [5.41, 5.74) is 2.74. The van der Waals surface area contributed by atoms with E-state index >= 15 is 0 Å². The van der Waals surface area contributed by atoms with E-state index in [-0.39, 0.29) is 11.9 Å². The van der Waals surface area contributed by atoms with Crippen LogP contribution >= 0.6 is 0 Å². The van der Waals surface area contributed by atoms with Crippen LogP contribution in [0, 0.1) is 12.7 Å². The van der Waals surface area contributed by atoms with Crippen LogP contribution in [0.2, 0.25) is 0 Å². The van der Waals surface area contributed by atoms with Crippen LogP contribution in [0.3, 0.4) is 0 Å². The zero-order valence-corrected chi connectivity index (χ0v) is 12.6. The molecule has 0 aliphatic rings. The minimum atomic E-state index is -0.150. The Morgan fingerprint density at radius 2 is 2.00 bits per heavy atom. The quantitative estimate of drug-likeness (QED) is 0.786. The maximum Gasteiger partial charge on any atom is 0.126 e. The first kappa shape index (κ1) is 15.7. The second kappa shape index (κ2) is 6.71. The monoisotopic (exact) mass is 264 g/mol. The van der Waals surface area contributed by atoms with Crippen molar-refractivity contribution in [1.29, 1.82) is 0 Å². The summed E-state index contributed by atoms with van der Waals surface area (Å²) in [5.74, 6) is -0.150. The number of anilines is 1. The van der Waals surface area contributed by atoms with Crippen molar-refractivity contribution in [2.24, 2.45) is 0 Å². The van der Waals surface area contributed by atoms with E-state index in [1.165, 1.54) is 0 Å². The summed E-state index contributed by atoms with van der Waals surface area (Å²) in [7, 11) is 1.89. The van der Waals surface area contributed by atoms with Gasteiger partial charge in [0.15, 0.2) is 0 Å². The van der Waals surface area contributed by atoms with Gasteiger partial charge in [-0.15, -0.1) is 6.58 Å². The van der Waals surface area contributed by atoms with Gasteiger partial charge in [0.05, 0.1) is 0 Å². The van der Waals surface area contributed by atoms with Gasteiger partial charge < -0.3 is 10.2 Å². The van der Waals surface area contributed by atoms with Gasteiger partial charge in [0.1, 0.15) is 5.82 Å². The van der Waals surface area contributed by atoms with E-state index in [0.29, 0.717) is 11.6 Å². The highest BCUT2D eigenvalue weighted by Crippen LogP contribution is 2.30. The molecule has 0 saturated carbocycles. The third kappa shape index (κ3) is 3.57. The second-order valence-electron chi connectivity index (χ2n) is 5.21. The summed E-state index contributed by atoms with van der Waals surface area (Å²) in [6.07, 6.45) is 1.88. The molecule has 0 heterocycles. The Labute approximate surface area is 116 Å². The molecule has 1 aromatic carbocycles. The van der Waals surface area contributed by atoms with Crippen molar-refractivity contribution in [3.63, 3.8) is 0 Å². The number of aryl methyl sites for hydroxylation is 1. The van der Waals surface area contributed by atoms with E-state index in [1.807, 2.05) is 26.1 Å². The fourth-order valence-corrected chi connectivity index (χ4v) is 2.16. The molecule has 0 saturated heterocycles. The fourth-order valence-electron chi connectivity index (χ4n) is 2.16. The van der Waals surface area contributed by atoms with Gasteiger partial charge in [-0.1, -0.05) is 6.08 Å². The molecule has 2 nitrogen and oxygen atoms in total. The highest BCUT2D eigenvalue weighted by atomic mass is 19.1. The lowest BCUT2D eigenvalue weighted by atomic mass is 10.0. The third-order valence-electron chi connectivity index (χ3n) is 3.47. The maximum atomic E-state index is 13.8. The van der Waals surface area contributed by atoms with Gasteiger partial charge in [0.2, 0.25) is 0 Å². The molecule has 0 amide bonds. The standard InChI is InChI=1S/C16H25FN2/c1-7-8-19(11(2)3)16-9-12(4)15(17)10-14(16)13(5)18-6/h7,9-11,13,18H,1,8H2,2-6H3. The van der Waals surface area contributed by atoms with Gasteiger partial charge in [0.25, 0.3) is 0 Å². The van der Waals surface area contributed by atoms with Crippen molar-refractivity contribution < 1.29 is 4.39 Å². The number of benzene rings is 1. The molecule has 19 heavy (non-hydrogen) atoms. The van der Waals surface area contributed by atoms with Crippen LogP contribution in [-0.2, 0) is 0 Å². The summed E-state index contributed by atoms with van der Waals surface area (Å²) in [6.45, 7) is 12.7. The highest BCUT2D eigenvalue weighted by molar-refractivity contribution is 5.58. The first-order chi connectivity index (χ1) is 8.92. The van der Waals surface area contributed by atoms with Gasteiger partial charge in [-0.05, 0) is 58.0 Å². The Balaban J connectivity index is 3.36. The minimum absolute atomic E-state index is 0.108. The van der Waals surface area contributed by atoms with Crippen LogP contribution in [0.1, 0.15) is 37.9 Å². The topological polar surface area (TPSA) is 15.3 Å². The Hall–Kier alpha value is -1.35. The van der Waals surface area contributed by atoms with Gasteiger partial charge in [-0.2, -0.15) is 0 Å². The Morgan fingerprint density at radius 1 is 1.37 bits per heavy atom. The highest BCUT2D eigenvalue weighted by Gasteiger charge is 2.18. The minimum Gasteiger partial charge on any atom is -0.365 e. The predicted octanol–water partition coefficient (Wildman–Crippen LogP) is 3.82. The Bertz CT molecular complexity index is 441. The number of halogens is 1. The molecule has 1 aromatic rings. The van der Waals surface area contributed by atoms with E-state index in [0.717, 1.165) is 17.8 Å². The molecule has 0 aromatic heterocycles. The van der Waals surface area contributed by atoms with Gasteiger partial charge >= 0.3 is 0 Å². The van der Waals surface area contributed by atoms with Crippen LogP contribution in [0.5, 0.6) is 0 Å². The van der Waals surface area contributed by atoms with Crippen molar-refractivity contribution in [2.45, 2.75) is 39.8 Å². The molecule has 0 bridgehead atoms. The van der Waals surface area contributed by atoms with Crippen molar-refractivity contribution in [3.8, 4) is 0 Å². The zero-order chi connectivity index (χ0) is 14.6. The van der Waals surface area contributed by atoms with Crippen LogP contribution in [-0.4, -0.2) is 19.6 Å². The average Bonchev–Trinajstić information content (AvgIpc) is 2.37. The molecule has 3 heteroatoms. The van der Waals surface area contributed by atoms with Gasteiger partial charge in [-0.3, -0.25) is 0 Å². The van der Waals surface area contributed by atoms with E-state index in [2.05, 4.69) is 30.6 Å². The van der Waals surface area contributed by atoms with Crippen molar-refractivity contribution in [1.82, 2.24) is 5.32 Å². The first-order valence-corrected chi connectivity index (χ1v) is 6.77. The summed E-state index contributed by atoms with van der Waals surface area (Å²) < 4.78 is 13.8. The SMILES string of the molecule is C=CCN(c1cc(C)c(F)cc1C(C)NC)C(C)C. The van der Waals surface area contributed by atoms with Gasteiger partial charge in [0, 0.05) is 24.3 Å². The normalized spacial score (nSPS) is 12.6. The molecule has 0 aliphatic carbocycles. The Kier molecular flexibility index (Phi) is 5.55. The fraction of sp³-hybridized carbons (Fsp3) is 0.500. The molecule has 0 spiro atoms. The lowest BCUT2D eigenvalue weighted by Gasteiger charge is -2.32. The van der Waals surface area contributed by atoms with Gasteiger partial charge in [-0.25, -0.2) is 4.39 Å². The second-order valence-corrected chi connectivity index (χ2v) is 5.21. The third-order valence-corrected chi connectivity index (χ3v) is 3.47. The lowest BCUT2D eigenvalue weighted by Crippen LogP contribution is -2.32. The molecule has 1 N–H and O–H groups in total. The van der Waals surface area contributed by atoms with Crippen LogP contribution in [0.15, 0.2) is 24.8 Å². The molecule has 0 fully saturated rings. The number of hydrogen-bond donors (Lipinski definition) is 1. The van der Waals surface area contributed by atoms with Crippen LogP contribution in [0.25, 0.3) is 0 Å². The summed E-state index contributed by atoms with van der Waals surface area (Å²) in [4.78, 5) is 2.24. The van der Waals surface area contributed by atoms with E-state index < -0.39 is 0 Å². The summed E-state index contributed by atoms with van der Waals surface area (Å²) in [6, 6.07) is 4.02. The molecule has 1 rings (SSSR count). The number of nitrogens with zero attached hydrogens (tertiary/aromatic N) is 1. The van der Waals surface area contributed by atoms with E-state index in [1.54, 1.807) is 13.0 Å². The van der Waals surface area contributed by atoms with E-state index in [9.17, 15) is 4.39 Å². The largest absolute Gasteiger partial charge is 0.365 e. The molecule has 1 unspecified atom stereocenters. The predicted molar refractivity (Wildman–Crippen MR) is 81.3 cm³/mol. The number of rotatable bonds is 6. The molecular weight excluding hydrogens is 239 g/mol. The first-order valence-electron chi connectivity index (χ1n) is 6.77. The van der Waals surface area contributed by atoms with Crippen LogP contribution in [0.4, 0.5) is 10.1 Å². The van der Waals surface area contributed by atoms with E-state index in [4.69, 9.17) is 0 Å². The number of hydrogen-bond acceptors (Lipinski definition) is 2. The van der Waals surface area contributed by atoms with Crippen molar-refractivity contribution in [2.75, 3.05) is 18.5 Å². The van der Waals surface area contributed by atoms with Crippen molar-refractivity contribution in [3.05, 3.63) is 41.7 Å². The Morgan fingerprint density at radius 3 is 2.47 bits per heavy atom. The number of nitrogens with one attached hydrogen (secondary N) is 1. The van der Waals surface area contributed by atoms with Crippen molar-refractivity contribution >= 4 is 5.69 Å². The molecule has 106 valence electrons. The lowest BCUT2D eigenvalue weighted by molar-refractivity contribution is 0.597. The molecule has 0 radical (unpaired) electrons. The smallest absolute Gasteiger partial charge is 0.126 e. The molecular formula is C16H25FN2. The average molecular weight is 264 g/mol. The summed E-state index contributed by atoms with van der Waals surface area (Å²) in [5, 5.41) is 3.19. The zero-order valence-electron chi connectivity index (χ0n) is 12.6.